The van der Waals surface area contributed by atoms with E-state index < -0.39 is 28.7 Å². The summed E-state index contributed by atoms with van der Waals surface area (Å²) in [7, 11) is -4.64. The van der Waals surface area contributed by atoms with Gasteiger partial charge in [-0.3, -0.25) is 19.2 Å². The van der Waals surface area contributed by atoms with E-state index in [4.69, 9.17) is 56.9 Å². The zero-order valence-electron chi connectivity index (χ0n) is 51.0. The highest BCUT2D eigenvalue weighted by molar-refractivity contribution is 7.34. The highest BCUT2D eigenvalue weighted by Gasteiger charge is 2.35. The highest BCUT2D eigenvalue weighted by atomic mass is 35.5. The lowest BCUT2D eigenvalue weighted by Gasteiger charge is -2.24. The topological polar surface area (TPSA) is 258 Å². The van der Waals surface area contributed by atoms with E-state index in [0.29, 0.717) is 122 Å². The molecule has 3 atom stereocenters. The van der Waals surface area contributed by atoms with Crippen molar-refractivity contribution in [2.75, 3.05) is 46.7 Å². The van der Waals surface area contributed by atoms with Crippen molar-refractivity contribution in [2.45, 2.75) is 78.4 Å². The van der Waals surface area contributed by atoms with Crippen molar-refractivity contribution in [3.8, 4) is 23.6 Å². The SMILES string of the molecule is Cc1ccccc1C(=O)Nc1ccc(C(=O)N2CCCC(O)c3cc(Cl)ccc32)c(C)c1.Cc1ccccc1C(=O)Nc1ccc(C(=O)N2CCCC(O[P+](=O)OCCC#N)c3cc(Cl)ccc32)c(C)c1.N#CCCO.O=[P+](Oc1ccccc1)Oc1ccccc1. The molecule has 2 aliphatic rings. The number of aryl methyl sites for hydroxylation is 4. The average molecular weight is 1320 g/mol. The van der Waals surface area contributed by atoms with Crippen molar-refractivity contribution < 1.29 is 56.6 Å². The van der Waals surface area contributed by atoms with Crippen LogP contribution in [0.2, 0.25) is 10.0 Å². The number of nitriles is 2. The minimum Gasteiger partial charge on any atom is -0.395 e. The number of amides is 4. The third-order valence-corrected chi connectivity index (χ3v) is 16.4. The Kier molecular flexibility index (Phi) is 27.1. The summed E-state index contributed by atoms with van der Waals surface area (Å²) in [6, 6.07) is 57.2. The van der Waals surface area contributed by atoms with Gasteiger partial charge in [-0.15, -0.1) is 9.05 Å². The number of nitrogens with zero attached hydrogens (tertiary/aromatic N) is 4. The predicted molar refractivity (Wildman–Crippen MR) is 357 cm³/mol. The van der Waals surface area contributed by atoms with Crippen LogP contribution in [0.3, 0.4) is 0 Å². The molecule has 92 heavy (non-hydrogen) atoms. The second-order valence-electron chi connectivity index (χ2n) is 20.9. The van der Waals surface area contributed by atoms with Crippen LogP contribution in [0.15, 0.2) is 182 Å². The summed E-state index contributed by atoms with van der Waals surface area (Å²) >= 11 is 12.4. The van der Waals surface area contributed by atoms with Gasteiger partial charge in [-0.1, -0.05) is 96.0 Å². The third kappa shape index (κ3) is 20.2. The van der Waals surface area contributed by atoms with Crippen molar-refractivity contribution in [2.24, 2.45) is 0 Å². The quantitative estimate of drug-likeness (QED) is 0.0518. The van der Waals surface area contributed by atoms with Crippen LogP contribution in [0.25, 0.3) is 0 Å². The fourth-order valence-electron chi connectivity index (χ4n) is 9.84. The van der Waals surface area contributed by atoms with Crippen LogP contribution >= 0.6 is 39.7 Å². The average Bonchev–Trinajstić information content (AvgIpc) is 1.48. The summed E-state index contributed by atoms with van der Waals surface area (Å²) in [6.07, 6.45) is 1.45. The maximum atomic E-state index is 13.8. The van der Waals surface area contributed by atoms with E-state index in [9.17, 15) is 33.4 Å². The number of para-hydroxylation sites is 2. The minimum absolute atomic E-state index is 0.00607. The van der Waals surface area contributed by atoms with Gasteiger partial charge in [0.2, 0.25) is 0 Å². The molecule has 0 fully saturated rings. The molecule has 8 aromatic rings. The Labute approximate surface area is 546 Å². The molecule has 8 aromatic carbocycles. The number of halogens is 2. The predicted octanol–water partition coefficient (Wildman–Crippen LogP) is 16.7. The Balaban J connectivity index is 0.000000202. The maximum Gasteiger partial charge on any atom is 0.805 e. The van der Waals surface area contributed by atoms with Crippen molar-refractivity contribution in [1.29, 1.82) is 10.5 Å². The summed E-state index contributed by atoms with van der Waals surface area (Å²) in [5.41, 5.74) is 9.32. The van der Waals surface area contributed by atoms with Gasteiger partial charge in [-0.25, -0.2) is 9.05 Å². The molecule has 18 nitrogen and oxygen atoms in total. The van der Waals surface area contributed by atoms with Gasteiger partial charge in [0.15, 0.2) is 11.5 Å². The van der Waals surface area contributed by atoms with Crippen LogP contribution in [-0.2, 0) is 18.2 Å². The fourth-order valence-corrected chi connectivity index (χ4v) is 11.6. The van der Waals surface area contributed by atoms with Crippen molar-refractivity contribution in [3.63, 3.8) is 0 Å². The number of nitrogens with one attached hydrogen (secondary N) is 2. The largest absolute Gasteiger partial charge is 0.805 e. The first-order valence-electron chi connectivity index (χ1n) is 29.3. The normalized spacial score (nSPS) is 13.8. The molecule has 2 aliphatic heterocycles. The summed E-state index contributed by atoms with van der Waals surface area (Å²) in [5, 5.41) is 41.5. The summed E-state index contributed by atoms with van der Waals surface area (Å²) in [5.74, 6) is 0.305. The number of hydrogen-bond donors (Lipinski definition) is 4. The molecular formula is C70H68Cl2N6O12P2+2. The van der Waals surface area contributed by atoms with Gasteiger partial charge in [-0.2, -0.15) is 10.5 Å². The van der Waals surface area contributed by atoms with Gasteiger partial charge in [0.05, 0.1) is 43.4 Å². The number of carbonyl (C=O) groups excluding carboxylic acids is 4. The Bertz CT molecular complexity index is 3960. The zero-order valence-corrected chi connectivity index (χ0v) is 54.3. The lowest BCUT2D eigenvalue weighted by molar-refractivity contribution is 0.0978. The van der Waals surface area contributed by atoms with Crippen LogP contribution < -0.4 is 29.5 Å². The minimum atomic E-state index is -2.45. The Hall–Kier alpha value is -9.16. The van der Waals surface area contributed by atoms with E-state index in [1.54, 1.807) is 149 Å². The van der Waals surface area contributed by atoms with Crippen molar-refractivity contribution >= 4 is 86.1 Å². The lowest BCUT2D eigenvalue weighted by Crippen LogP contribution is -2.32. The van der Waals surface area contributed by atoms with Gasteiger partial charge in [-0.05, 0) is 185 Å². The smallest absolute Gasteiger partial charge is 0.395 e. The van der Waals surface area contributed by atoms with Crippen LogP contribution in [0, 0.1) is 50.4 Å². The molecular weight excluding hydrogens is 1250 g/mol. The summed E-state index contributed by atoms with van der Waals surface area (Å²) in [6.45, 7) is 8.37. The number of hydrogen-bond acceptors (Lipinski definition) is 14. The number of rotatable bonds is 16. The van der Waals surface area contributed by atoms with E-state index in [1.165, 1.54) is 0 Å². The monoisotopic (exact) mass is 1320 g/mol. The van der Waals surface area contributed by atoms with Crippen LogP contribution in [0.1, 0.15) is 126 Å². The van der Waals surface area contributed by atoms with Gasteiger partial charge in [0.25, 0.3) is 23.6 Å². The van der Waals surface area contributed by atoms with E-state index in [1.807, 2.05) is 82.3 Å². The Morgan fingerprint density at radius 1 is 0.543 bits per heavy atom. The highest BCUT2D eigenvalue weighted by Crippen LogP contribution is 2.43. The first-order valence-corrected chi connectivity index (χ1v) is 32.2. The molecule has 22 heteroatoms. The van der Waals surface area contributed by atoms with Crippen LogP contribution in [0.4, 0.5) is 22.7 Å². The molecule has 0 saturated heterocycles. The molecule has 0 spiro atoms. The fraction of sp³-hybridized carbons (Fsp3) is 0.229. The molecule has 0 aliphatic carbocycles. The number of carbonyl (C=O) groups is 4. The molecule has 0 bridgehead atoms. The number of aliphatic hydroxyl groups excluding tert-OH is 2. The molecule has 0 aromatic heterocycles. The van der Waals surface area contributed by atoms with Gasteiger partial charge >= 0.3 is 16.5 Å². The van der Waals surface area contributed by atoms with Gasteiger partial charge < -0.3 is 30.6 Å². The molecule has 4 amide bonds. The molecule has 10 rings (SSSR count). The molecule has 0 saturated carbocycles. The van der Waals surface area contributed by atoms with E-state index >= 15 is 0 Å². The van der Waals surface area contributed by atoms with Crippen LogP contribution in [-0.4, -0.2) is 60.1 Å². The van der Waals surface area contributed by atoms with E-state index in [0.717, 1.165) is 16.7 Å². The first-order chi connectivity index (χ1) is 44.4. The van der Waals surface area contributed by atoms with Crippen molar-refractivity contribution in [1.82, 2.24) is 0 Å². The van der Waals surface area contributed by atoms with E-state index in [2.05, 4.69) is 10.6 Å². The maximum absolute atomic E-state index is 13.8. The summed E-state index contributed by atoms with van der Waals surface area (Å²) < 4.78 is 44.9. The molecule has 0 radical (unpaired) electrons. The standard InChI is InChI=1S/C29H27ClN3O5P.C26H25ClN2O3.C12H10O3P.C3H5NO/c1-19-7-3-4-8-23(19)28(34)32-22-11-12-24(20(2)17-22)29(35)33-15-5-9-27(38-39(36)37-16-6-14-31)25-18-21(30)10-13-26(25)33;1-16-6-3-4-7-20(16)25(31)28-19-10-11-21(17(2)14-19)26(32)29-13-5-8-24(30)22-15-18(27)9-12-23(22)29;13-16(14-11-7-3-1-4-8-11)15-12-9-5-2-6-10-12;4-2-1-3-5/h3-4,7-8,10-13,17-18,27H,5-6,9,15-16H2,1-2H3;3-4,6-7,9-12,14-15,24,30H,5,8,13H2,1-2H3,(H,28,31);1-10H;5H,1,3H2/q;;+1;/p+1. The number of benzene rings is 8. The zero-order chi connectivity index (χ0) is 66.1. The summed E-state index contributed by atoms with van der Waals surface area (Å²) in [4.78, 5) is 56.0. The molecule has 3 unspecified atom stereocenters. The molecule has 472 valence electrons. The lowest BCUT2D eigenvalue weighted by atomic mass is 10.0. The number of anilines is 4. The Morgan fingerprint density at radius 3 is 1.43 bits per heavy atom. The molecule has 4 N–H and O–H groups in total. The third-order valence-electron chi connectivity index (χ3n) is 14.4. The Morgan fingerprint density at radius 2 is 0.989 bits per heavy atom. The van der Waals surface area contributed by atoms with Gasteiger partial charge in [0.1, 0.15) is 12.7 Å². The first kappa shape index (κ1) is 70.3. The second kappa shape index (κ2) is 35.4. The second-order valence-corrected chi connectivity index (χ2v) is 23.5. The van der Waals surface area contributed by atoms with E-state index in [-0.39, 0.29) is 49.7 Å². The number of fused-ring (bicyclic) bond motifs is 2. The van der Waals surface area contributed by atoms with Crippen molar-refractivity contribution in [3.05, 3.63) is 248 Å². The number of aliphatic hydroxyl groups is 2. The van der Waals surface area contributed by atoms with Crippen LogP contribution in [0.5, 0.6) is 11.5 Å². The molecule has 2 heterocycles. The van der Waals surface area contributed by atoms with Gasteiger partial charge in [0, 0.05) is 82.7 Å².